The number of alkyl halides is 6. The van der Waals surface area contributed by atoms with E-state index in [-0.39, 0.29) is 41.4 Å². The summed E-state index contributed by atoms with van der Waals surface area (Å²) in [6.45, 7) is 5.79. The smallest absolute Gasteiger partial charge is 0.360 e. The summed E-state index contributed by atoms with van der Waals surface area (Å²) in [6, 6.07) is 13.8. The number of halogens is 7. The van der Waals surface area contributed by atoms with Crippen LogP contribution in [0.1, 0.15) is 58.9 Å². The van der Waals surface area contributed by atoms with Crippen LogP contribution in [-0.2, 0) is 30.7 Å². The third-order valence-corrected chi connectivity index (χ3v) is 6.71. The number of H-pyrrole nitrogens is 1. The lowest BCUT2D eigenvalue weighted by Crippen LogP contribution is -2.34. The molecule has 0 atom stereocenters. The molecule has 0 saturated carbocycles. The molecule has 1 amide bonds. The first-order valence-electron chi connectivity index (χ1n) is 12.5. The van der Waals surface area contributed by atoms with E-state index < -0.39 is 40.8 Å². The van der Waals surface area contributed by atoms with Crippen molar-refractivity contribution in [3.63, 3.8) is 0 Å². The topological polar surface area (TPSA) is 36.1 Å². The molecule has 40 heavy (non-hydrogen) atoms. The van der Waals surface area contributed by atoms with E-state index >= 15 is 4.39 Å². The van der Waals surface area contributed by atoms with E-state index in [4.69, 9.17) is 0 Å². The van der Waals surface area contributed by atoms with Crippen molar-refractivity contribution in [2.45, 2.75) is 51.5 Å². The second kappa shape index (κ2) is 10.6. The van der Waals surface area contributed by atoms with E-state index in [0.29, 0.717) is 11.6 Å². The van der Waals surface area contributed by atoms with Gasteiger partial charge in [0.15, 0.2) is 0 Å². The summed E-state index contributed by atoms with van der Waals surface area (Å²) in [5.74, 6) is -2.72. The normalized spacial score (nSPS) is 12.7. The zero-order valence-corrected chi connectivity index (χ0v) is 22.0. The van der Waals surface area contributed by atoms with Gasteiger partial charge >= 0.3 is 12.4 Å². The first kappa shape index (κ1) is 29.2. The highest BCUT2D eigenvalue weighted by atomic mass is 19.4. The summed E-state index contributed by atoms with van der Waals surface area (Å²) < 4.78 is 95.9. The number of benzene rings is 3. The van der Waals surface area contributed by atoms with Gasteiger partial charge in [-0.1, -0.05) is 63.2 Å². The van der Waals surface area contributed by atoms with Crippen LogP contribution in [0.4, 0.5) is 30.7 Å². The Labute approximate surface area is 226 Å². The van der Waals surface area contributed by atoms with E-state index in [1.807, 2.05) is 32.9 Å². The lowest BCUT2D eigenvalue weighted by atomic mass is 9.87. The molecule has 4 aromatic rings. The van der Waals surface area contributed by atoms with Gasteiger partial charge in [-0.2, -0.15) is 26.3 Å². The summed E-state index contributed by atoms with van der Waals surface area (Å²) in [6.07, 6.45) is -8.35. The van der Waals surface area contributed by atoms with E-state index in [9.17, 15) is 31.1 Å². The monoisotopic (exact) mass is 564 g/mol. The van der Waals surface area contributed by atoms with Crippen LogP contribution in [0.3, 0.4) is 0 Å². The molecule has 0 radical (unpaired) electrons. The van der Waals surface area contributed by atoms with Gasteiger partial charge in [-0.3, -0.25) is 4.79 Å². The van der Waals surface area contributed by atoms with Crippen LogP contribution in [0.15, 0.2) is 66.9 Å². The van der Waals surface area contributed by atoms with Crippen molar-refractivity contribution >= 4 is 16.8 Å². The molecule has 1 N–H and O–H groups in total. The van der Waals surface area contributed by atoms with Gasteiger partial charge in [-0.25, -0.2) is 4.39 Å². The van der Waals surface area contributed by atoms with Gasteiger partial charge in [0.2, 0.25) is 0 Å². The molecule has 1 heterocycles. The molecule has 0 aliphatic rings. The summed E-state index contributed by atoms with van der Waals surface area (Å²) in [7, 11) is 0. The molecule has 1 aromatic heterocycles. The highest BCUT2D eigenvalue weighted by Gasteiger charge is 2.38. The predicted octanol–water partition coefficient (Wildman–Crippen LogP) is 8.53. The maximum atomic E-state index is 15.3. The Morgan fingerprint density at radius 1 is 0.825 bits per heavy atom. The number of amides is 1. The van der Waals surface area contributed by atoms with Gasteiger partial charge in [-0.15, -0.1) is 0 Å². The minimum atomic E-state index is -5.05. The molecule has 0 spiro atoms. The number of carbonyl (C=O) groups excluding carboxylic acids is 1. The van der Waals surface area contributed by atoms with Gasteiger partial charge in [0.05, 0.1) is 22.2 Å². The molecular formula is C30H27F7N2O. The number of carbonyl (C=O) groups is 1. The summed E-state index contributed by atoms with van der Waals surface area (Å²) >= 11 is 0. The van der Waals surface area contributed by atoms with Crippen molar-refractivity contribution in [1.82, 2.24) is 9.88 Å². The molecule has 0 aliphatic carbocycles. The van der Waals surface area contributed by atoms with Crippen LogP contribution < -0.4 is 0 Å². The Bertz CT molecular complexity index is 1510. The van der Waals surface area contributed by atoms with Crippen LogP contribution in [0, 0.1) is 5.82 Å². The third-order valence-electron chi connectivity index (χ3n) is 6.71. The fraction of sp³-hybridized carbons (Fsp3) is 0.300. The van der Waals surface area contributed by atoms with Crippen molar-refractivity contribution < 1.29 is 35.5 Å². The van der Waals surface area contributed by atoms with E-state index in [1.165, 1.54) is 24.4 Å². The quantitative estimate of drug-likeness (QED) is 0.234. The molecule has 0 bridgehead atoms. The van der Waals surface area contributed by atoms with Crippen molar-refractivity contribution in [2.75, 3.05) is 6.54 Å². The fourth-order valence-corrected chi connectivity index (χ4v) is 4.50. The van der Waals surface area contributed by atoms with Gasteiger partial charge in [-0.05, 0) is 46.7 Å². The van der Waals surface area contributed by atoms with E-state index in [2.05, 4.69) is 4.98 Å². The molecule has 3 nitrogen and oxygen atoms in total. The molecule has 4 rings (SSSR count). The molecular weight excluding hydrogens is 537 g/mol. The molecule has 0 unspecified atom stereocenters. The zero-order chi connectivity index (χ0) is 29.5. The first-order valence-corrected chi connectivity index (χ1v) is 12.5. The van der Waals surface area contributed by atoms with Crippen LogP contribution in [0.2, 0.25) is 0 Å². The molecule has 3 aromatic carbocycles. The standard InChI is InChI=1S/C30H27F7N2O/c1-28(2,3)21-9-7-19(8-10-21)17-39(14-12-18-5-4-6-22(15-18)29(32,33)34)27(40)24-25(31)23(30(35,36)37)16-20-11-13-38-26(20)24/h4-11,13,15-16,38H,12,14,17H2,1-3H3. The minimum Gasteiger partial charge on any atom is -0.360 e. The van der Waals surface area contributed by atoms with Crippen LogP contribution >= 0.6 is 0 Å². The summed E-state index contributed by atoms with van der Waals surface area (Å²) in [4.78, 5) is 17.6. The lowest BCUT2D eigenvalue weighted by Gasteiger charge is -2.25. The van der Waals surface area contributed by atoms with Crippen molar-refractivity contribution in [1.29, 1.82) is 0 Å². The average molecular weight is 565 g/mol. The molecule has 0 saturated heterocycles. The average Bonchev–Trinajstić information content (AvgIpc) is 3.33. The maximum Gasteiger partial charge on any atom is 0.419 e. The van der Waals surface area contributed by atoms with Crippen molar-refractivity contribution in [2.24, 2.45) is 0 Å². The van der Waals surface area contributed by atoms with Crippen molar-refractivity contribution in [3.8, 4) is 0 Å². The highest BCUT2D eigenvalue weighted by molar-refractivity contribution is 6.06. The Morgan fingerprint density at radius 3 is 2.10 bits per heavy atom. The van der Waals surface area contributed by atoms with Gasteiger partial charge < -0.3 is 9.88 Å². The predicted molar refractivity (Wildman–Crippen MR) is 138 cm³/mol. The molecule has 0 aliphatic heterocycles. The van der Waals surface area contributed by atoms with Gasteiger partial charge in [0.1, 0.15) is 5.82 Å². The number of aromatic nitrogens is 1. The number of nitrogens with zero attached hydrogens (tertiary/aromatic N) is 1. The summed E-state index contributed by atoms with van der Waals surface area (Å²) in [5, 5.41) is 0.00411. The lowest BCUT2D eigenvalue weighted by molar-refractivity contribution is -0.140. The molecule has 0 fully saturated rings. The van der Waals surface area contributed by atoms with Crippen LogP contribution in [0.25, 0.3) is 10.9 Å². The number of hydrogen-bond donors (Lipinski definition) is 1. The van der Waals surface area contributed by atoms with Gasteiger partial charge in [0, 0.05) is 24.7 Å². The molecule has 10 heteroatoms. The third kappa shape index (κ3) is 6.32. The molecule has 212 valence electrons. The largest absolute Gasteiger partial charge is 0.419 e. The number of rotatable bonds is 6. The minimum absolute atomic E-state index is 0.00411. The number of aromatic amines is 1. The summed E-state index contributed by atoms with van der Waals surface area (Å²) in [5.41, 5.74) is -1.56. The fourth-order valence-electron chi connectivity index (χ4n) is 4.50. The SMILES string of the molecule is CC(C)(C)c1ccc(CN(CCc2cccc(C(F)(F)F)c2)C(=O)c2c(F)c(C(F)(F)F)cc3cc[nH]c23)cc1. The first-order chi connectivity index (χ1) is 18.6. The Balaban J connectivity index is 1.74. The number of nitrogens with one attached hydrogen (secondary N) is 1. The zero-order valence-electron chi connectivity index (χ0n) is 22.0. The number of hydrogen-bond acceptors (Lipinski definition) is 1. The maximum absolute atomic E-state index is 15.3. The Morgan fingerprint density at radius 2 is 1.50 bits per heavy atom. The second-order valence-corrected chi connectivity index (χ2v) is 10.7. The Kier molecular flexibility index (Phi) is 7.75. The van der Waals surface area contributed by atoms with Gasteiger partial charge in [0.25, 0.3) is 5.91 Å². The number of fused-ring (bicyclic) bond motifs is 1. The Hall–Kier alpha value is -3.82. The van der Waals surface area contributed by atoms with Crippen LogP contribution in [0.5, 0.6) is 0 Å². The van der Waals surface area contributed by atoms with E-state index in [0.717, 1.165) is 22.6 Å². The highest BCUT2D eigenvalue weighted by Crippen LogP contribution is 2.37. The van der Waals surface area contributed by atoms with E-state index in [1.54, 1.807) is 12.1 Å². The van der Waals surface area contributed by atoms with Crippen LogP contribution in [-0.4, -0.2) is 22.3 Å². The van der Waals surface area contributed by atoms with Crippen molar-refractivity contribution in [3.05, 3.63) is 106 Å². The second-order valence-electron chi connectivity index (χ2n) is 10.7.